The first-order valence-electron chi connectivity index (χ1n) is 12.3. The van der Waals surface area contributed by atoms with E-state index in [1.807, 2.05) is 70.5 Å². The summed E-state index contributed by atoms with van der Waals surface area (Å²) in [5.41, 5.74) is 9.54. The van der Waals surface area contributed by atoms with E-state index in [4.69, 9.17) is 5.73 Å². The monoisotopic (exact) mass is 497 g/mol. The molecule has 2 amide bonds. The highest BCUT2D eigenvalue weighted by Gasteiger charge is 2.38. The van der Waals surface area contributed by atoms with Crippen LogP contribution in [0.2, 0.25) is 0 Å². The molecule has 2 saturated heterocycles. The number of nitrogen functional groups attached to an aromatic ring is 1. The molecule has 0 bridgehead atoms. The molecule has 2 aromatic carbocycles. The van der Waals surface area contributed by atoms with E-state index >= 15 is 0 Å². The number of nitrogens with two attached hydrogens (primary N) is 1. The number of fused-ring (bicyclic) bond motifs is 2. The molecular formula is C28H27N5O2S. The molecule has 2 atom stereocenters. The number of hydrogen-bond acceptors (Lipinski definition) is 6. The molecule has 2 aliphatic rings. The summed E-state index contributed by atoms with van der Waals surface area (Å²) in [5.74, 6) is 0.825. The molecule has 7 nitrogen and oxygen atoms in total. The van der Waals surface area contributed by atoms with E-state index in [-0.39, 0.29) is 11.8 Å². The zero-order chi connectivity index (χ0) is 24.6. The first-order chi connectivity index (χ1) is 17.5. The maximum atomic E-state index is 13.3. The van der Waals surface area contributed by atoms with Gasteiger partial charge in [0.05, 0.1) is 15.9 Å². The van der Waals surface area contributed by atoms with Crippen molar-refractivity contribution < 1.29 is 9.59 Å². The summed E-state index contributed by atoms with van der Waals surface area (Å²) in [4.78, 5) is 39.4. The second-order valence-corrected chi connectivity index (χ2v) is 10.7. The van der Waals surface area contributed by atoms with Crippen LogP contribution in [-0.4, -0.2) is 57.8 Å². The van der Waals surface area contributed by atoms with Crippen LogP contribution in [-0.2, 0) is 0 Å². The van der Waals surface area contributed by atoms with Crippen LogP contribution in [0.4, 0.5) is 5.13 Å². The van der Waals surface area contributed by atoms with Gasteiger partial charge in [-0.25, -0.2) is 9.97 Å². The molecule has 2 N–H and O–H groups in total. The molecule has 0 unspecified atom stereocenters. The SMILES string of the molecule is Nc1nc2cc(C(=O)N3C[C@H]4CCN(C(=O)c5cccc(-c6ccccc6)n5)CC[C@H]4C3)ccc2s1. The van der Waals surface area contributed by atoms with Gasteiger partial charge in [-0.2, -0.15) is 0 Å². The number of benzene rings is 2. The lowest BCUT2D eigenvalue weighted by Crippen LogP contribution is -2.34. The largest absolute Gasteiger partial charge is 0.375 e. The summed E-state index contributed by atoms with van der Waals surface area (Å²) in [5, 5.41) is 0.513. The average molecular weight is 498 g/mol. The number of carbonyl (C=O) groups is 2. The number of likely N-dealkylation sites (tertiary alicyclic amines) is 2. The van der Waals surface area contributed by atoms with Gasteiger partial charge >= 0.3 is 0 Å². The molecule has 4 aromatic rings. The fraction of sp³-hybridized carbons (Fsp3) is 0.286. The number of pyridine rings is 1. The molecule has 0 radical (unpaired) electrons. The second kappa shape index (κ2) is 9.35. The van der Waals surface area contributed by atoms with Crippen LogP contribution < -0.4 is 5.73 Å². The van der Waals surface area contributed by atoms with Gasteiger partial charge in [0, 0.05) is 37.3 Å². The van der Waals surface area contributed by atoms with Crippen LogP contribution in [0.3, 0.4) is 0 Å². The lowest BCUT2D eigenvalue weighted by Gasteiger charge is -2.22. The predicted octanol–water partition coefficient (Wildman–Crippen LogP) is 4.56. The Hall–Kier alpha value is -3.78. The Morgan fingerprint density at radius 1 is 0.833 bits per heavy atom. The third-order valence-corrected chi connectivity index (χ3v) is 8.24. The van der Waals surface area contributed by atoms with Crippen LogP contribution in [0, 0.1) is 11.8 Å². The Labute approximate surface area is 213 Å². The minimum absolute atomic E-state index is 0.0171. The molecule has 8 heteroatoms. The van der Waals surface area contributed by atoms with E-state index in [2.05, 4.69) is 9.97 Å². The standard InChI is InChI=1S/C28H27N5O2S/c29-28-31-24-15-19(9-10-25(24)36-28)26(34)33-16-20-11-13-32(14-12-21(20)17-33)27(35)23-8-4-7-22(30-23)18-5-2-1-3-6-18/h1-10,15,20-21H,11-14,16-17H2,(H2,29,31)/t20-,21+. The van der Waals surface area contributed by atoms with Gasteiger partial charge in [-0.15, -0.1) is 0 Å². The van der Waals surface area contributed by atoms with Crippen molar-refractivity contribution in [3.63, 3.8) is 0 Å². The highest BCUT2D eigenvalue weighted by atomic mass is 32.1. The smallest absolute Gasteiger partial charge is 0.272 e. The third-order valence-electron chi connectivity index (χ3n) is 7.38. The Kier molecular flexibility index (Phi) is 5.89. The number of anilines is 1. The molecule has 182 valence electrons. The molecule has 0 saturated carbocycles. The molecule has 0 aliphatic carbocycles. The van der Waals surface area contributed by atoms with Crippen molar-refractivity contribution >= 4 is 38.5 Å². The molecule has 6 rings (SSSR count). The normalized spacial score (nSPS) is 19.8. The Morgan fingerprint density at radius 3 is 2.33 bits per heavy atom. The van der Waals surface area contributed by atoms with Gasteiger partial charge in [-0.05, 0) is 55.0 Å². The summed E-state index contributed by atoms with van der Waals surface area (Å²) in [6, 6.07) is 21.2. The van der Waals surface area contributed by atoms with E-state index < -0.39 is 0 Å². The van der Waals surface area contributed by atoms with Gasteiger partial charge in [-0.1, -0.05) is 47.7 Å². The number of hydrogen-bond donors (Lipinski definition) is 1. The van der Waals surface area contributed by atoms with Gasteiger partial charge in [0.1, 0.15) is 5.69 Å². The van der Waals surface area contributed by atoms with Gasteiger partial charge in [0.15, 0.2) is 5.13 Å². The minimum atomic E-state index is -0.0171. The number of thiazole rings is 1. The van der Waals surface area contributed by atoms with Crippen LogP contribution in [0.1, 0.15) is 33.7 Å². The summed E-state index contributed by atoms with van der Waals surface area (Å²) in [7, 11) is 0. The highest BCUT2D eigenvalue weighted by molar-refractivity contribution is 7.22. The maximum Gasteiger partial charge on any atom is 0.272 e. The van der Waals surface area contributed by atoms with Crippen molar-refractivity contribution in [2.75, 3.05) is 31.9 Å². The van der Waals surface area contributed by atoms with Crippen molar-refractivity contribution in [3.8, 4) is 11.3 Å². The van der Waals surface area contributed by atoms with Crippen molar-refractivity contribution in [2.24, 2.45) is 11.8 Å². The molecule has 4 heterocycles. The maximum absolute atomic E-state index is 13.3. The topological polar surface area (TPSA) is 92.4 Å². The van der Waals surface area contributed by atoms with E-state index in [9.17, 15) is 9.59 Å². The molecule has 2 aliphatic heterocycles. The fourth-order valence-electron chi connectivity index (χ4n) is 5.46. The summed E-state index contributed by atoms with van der Waals surface area (Å²) in [6.45, 7) is 2.82. The quantitative estimate of drug-likeness (QED) is 0.448. The molecule has 0 spiro atoms. The third kappa shape index (κ3) is 4.33. The summed E-state index contributed by atoms with van der Waals surface area (Å²) >= 11 is 1.43. The number of carbonyl (C=O) groups excluding carboxylic acids is 2. The van der Waals surface area contributed by atoms with E-state index in [0.29, 0.717) is 41.3 Å². The van der Waals surface area contributed by atoms with Crippen molar-refractivity contribution in [1.29, 1.82) is 0 Å². The highest BCUT2D eigenvalue weighted by Crippen LogP contribution is 2.33. The lowest BCUT2D eigenvalue weighted by molar-refractivity contribution is 0.0730. The lowest BCUT2D eigenvalue weighted by atomic mass is 9.92. The number of rotatable bonds is 3. The number of nitrogens with zero attached hydrogens (tertiary/aromatic N) is 4. The zero-order valence-corrected chi connectivity index (χ0v) is 20.7. The van der Waals surface area contributed by atoms with E-state index in [1.54, 1.807) is 6.07 Å². The molecular weight excluding hydrogens is 470 g/mol. The van der Waals surface area contributed by atoms with E-state index in [1.165, 1.54) is 11.3 Å². The Balaban J connectivity index is 1.11. The van der Waals surface area contributed by atoms with Crippen LogP contribution >= 0.6 is 11.3 Å². The molecule has 2 aromatic heterocycles. The predicted molar refractivity (Wildman–Crippen MR) is 142 cm³/mol. The van der Waals surface area contributed by atoms with Gasteiger partial charge in [-0.3, -0.25) is 9.59 Å². The Morgan fingerprint density at radius 2 is 1.58 bits per heavy atom. The summed E-state index contributed by atoms with van der Waals surface area (Å²) in [6.07, 6.45) is 1.78. The Bertz CT molecular complexity index is 1420. The van der Waals surface area contributed by atoms with Crippen molar-refractivity contribution in [1.82, 2.24) is 19.8 Å². The first kappa shape index (κ1) is 22.7. The van der Waals surface area contributed by atoms with Crippen LogP contribution in [0.15, 0.2) is 66.7 Å². The van der Waals surface area contributed by atoms with Crippen LogP contribution in [0.5, 0.6) is 0 Å². The summed E-state index contributed by atoms with van der Waals surface area (Å²) < 4.78 is 0.990. The van der Waals surface area contributed by atoms with E-state index in [0.717, 1.165) is 47.4 Å². The number of aromatic nitrogens is 2. The first-order valence-corrected chi connectivity index (χ1v) is 13.1. The van der Waals surface area contributed by atoms with Gasteiger partial charge in [0.25, 0.3) is 11.8 Å². The van der Waals surface area contributed by atoms with Gasteiger partial charge in [0.2, 0.25) is 0 Å². The van der Waals surface area contributed by atoms with Gasteiger partial charge < -0.3 is 15.5 Å². The zero-order valence-electron chi connectivity index (χ0n) is 19.8. The van der Waals surface area contributed by atoms with Crippen LogP contribution in [0.25, 0.3) is 21.5 Å². The van der Waals surface area contributed by atoms with Crippen molar-refractivity contribution in [3.05, 3.63) is 78.0 Å². The minimum Gasteiger partial charge on any atom is -0.375 e. The molecule has 36 heavy (non-hydrogen) atoms. The average Bonchev–Trinajstić information content (AvgIpc) is 3.44. The molecule has 2 fully saturated rings. The number of amides is 2. The fourth-order valence-corrected chi connectivity index (χ4v) is 6.18. The second-order valence-electron chi connectivity index (χ2n) is 9.61. The van der Waals surface area contributed by atoms with Crippen molar-refractivity contribution in [2.45, 2.75) is 12.8 Å².